The van der Waals surface area contributed by atoms with Crippen molar-refractivity contribution >= 4 is 0 Å². The number of aryl methyl sites for hydroxylation is 2. The standard InChI is InChI=1S/C14H13FO/c1-9-3-4-13(14(15)7-9)11-5-10(2)6-12(16)8-11/h3-8,16H,1-2H3. The quantitative estimate of drug-likeness (QED) is 0.768. The van der Waals surface area contributed by atoms with Gasteiger partial charge in [0.05, 0.1) is 0 Å². The number of phenols is 1. The van der Waals surface area contributed by atoms with Crippen molar-refractivity contribution in [2.24, 2.45) is 0 Å². The lowest BCUT2D eigenvalue weighted by atomic mass is 10.0. The van der Waals surface area contributed by atoms with E-state index in [1.165, 1.54) is 6.07 Å². The molecule has 0 amide bonds. The molecule has 82 valence electrons. The normalized spacial score (nSPS) is 10.4. The number of halogens is 1. The molecule has 2 rings (SSSR count). The summed E-state index contributed by atoms with van der Waals surface area (Å²) in [4.78, 5) is 0. The molecule has 1 N–H and O–H groups in total. The topological polar surface area (TPSA) is 20.2 Å². The molecule has 0 heterocycles. The molecule has 0 saturated heterocycles. The zero-order valence-electron chi connectivity index (χ0n) is 9.29. The van der Waals surface area contributed by atoms with Crippen LogP contribution in [-0.4, -0.2) is 5.11 Å². The fourth-order valence-electron chi connectivity index (χ4n) is 1.77. The third-order valence-electron chi connectivity index (χ3n) is 2.50. The van der Waals surface area contributed by atoms with Gasteiger partial charge in [-0.1, -0.05) is 18.2 Å². The van der Waals surface area contributed by atoms with Gasteiger partial charge in [-0.05, 0) is 48.7 Å². The van der Waals surface area contributed by atoms with E-state index in [1.54, 1.807) is 18.2 Å². The van der Waals surface area contributed by atoms with Crippen molar-refractivity contribution in [2.75, 3.05) is 0 Å². The molecule has 0 bridgehead atoms. The second-order valence-corrected chi connectivity index (χ2v) is 4.04. The lowest BCUT2D eigenvalue weighted by Crippen LogP contribution is -1.86. The molecule has 0 atom stereocenters. The van der Waals surface area contributed by atoms with E-state index in [4.69, 9.17) is 0 Å². The van der Waals surface area contributed by atoms with Crippen LogP contribution in [-0.2, 0) is 0 Å². The Morgan fingerprint density at radius 1 is 0.938 bits per heavy atom. The molecule has 0 unspecified atom stereocenters. The highest BCUT2D eigenvalue weighted by Gasteiger charge is 2.06. The van der Waals surface area contributed by atoms with Crippen LogP contribution >= 0.6 is 0 Å². The highest BCUT2D eigenvalue weighted by molar-refractivity contribution is 5.67. The molecule has 0 saturated carbocycles. The van der Waals surface area contributed by atoms with E-state index in [2.05, 4.69) is 0 Å². The summed E-state index contributed by atoms with van der Waals surface area (Å²) in [6.07, 6.45) is 0. The molecule has 0 aliphatic heterocycles. The molecule has 16 heavy (non-hydrogen) atoms. The maximum atomic E-state index is 13.7. The summed E-state index contributed by atoms with van der Waals surface area (Å²) in [5.74, 6) is -0.0972. The molecular weight excluding hydrogens is 203 g/mol. The number of rotatable bonds is 1. The fraction of sp³-hybridized carbons (Fsp3) is 0.143. The Morgan fingerprint density at radius 3 is 2.31 bits per heavy atom. The Morgan fingerprint density at radius 2 is 1.69 bits per heavy atom. The minimum atomic E-state index is -0.259. The van der Waals surface area contributed by atoms with Crippen molar-refractivity contribution in [2.45, 2.75) is 13.8 Å². The van der Waals surface area contributed by atoms with Gasteiger partial charge in [-0.15, -0.1) is 0 Å². The minimum absolute atomic E-state index is 0.162. The van der Waals surface area contributed by atoms with Gasteiger partial charge in [0.2, 0.25) is 0 Å². The van der Waals surface area contributed by atoms with Crippen LogP contribution < -0.4 is 0 Å². The van der Waals surface area contributed by atoms with Crippen LogP contribution in [0.2, 0.25) is 0 Å². The molecule has 0 aliphatic carbocycles. The molecular formula is C14H13FO. The molecule has 2 heteroatoms. The van der Waals surface area contributed by atoms with Gasteiger partial charge in [-0.2, -0.15) is 0 Å². The first-order valence-corrected chi connectivity index (χ1v) is 5.13. The van der Waals surface area contributed by atoms with Gasteiger partial charge in [-0.25, -0.2) is 4.39 Å². The highest BCUT2D eigenvalue weighted by Crippen LogP contribution is 2.27. The molecule has 0 fully saturated rings. The highest BCUT2D eigenvalue weighted by atomic mass is 19.1. The first-order valence-electron chi connectivity index (χ1n) is 5.13. The summed E-state index contributed by atoms with van der Waals surface area (Å²) in [6.45, 7) is 3.72. The minimum Gasteiger partial charge on any atom is -0.508 e. The smallest absolute Gasteiger partial charge is 0.131 e. The van der Waals surface area contributed by atoms with Crippen LogP contribution in [0.5, 0.6) is 5.75 Å². The van der Waals surface area contributed by atoms with Crippen molar-refractivity contribution in [3.63, 3.8) is 0 Å². The van der Waals surface area contributed by atoms with Crippen LogP contribution in [0, 0.1) is 19.7 Å². The van der Waals surface area contributed by atoms with Crippen LogP contribution in [0.25, 0.3) is 11.1 Å². The van der Waals surface area contributed by atoms with E-state index >= 15 is 0 Å². The number of phenolic OH excluding ortho intramolecular Hbond substituents is 1. The zero-order chi connectivity index (χ0) is 11.7. The van der Waals surface area contributed by atoms with Gasteiger partial charge in [-0.3, -0.25) is 0 Å². The van der Waals surface area contributed by atoms with Gasteiger partial charge in [0.25, 0.3) is 0 Å². The number of hydrogen-bond donors (Lipinski definition) is 1. The zero-order valence-corrected chi connectivity index (χ0v) is 9.29. The van der Waals surface area contributed by atoms with E-state index in [0.29, 0.717) is 11.1 Å². The lowest BCUT2D eigenvalue weighted by molar-refractivity contribution is 0.475. The van der Waals surface area contributed by atoms with Crippen LogP contribution in [0.3, 0.4) is 0 Å². The summed E-state index contributed by atoms with van der Waals surface area (Å²) in [5.41, 5.74) is 3.02. The number of benzene rings is 2. The summed E-state index contributed by atoms with van der Waals surface area (Å²) in [7, 11) is 0. The summed E-state index contributed by atoms with van der Waals surface area (Å²) in [6, 6.07) is 10.2. The summed E-state index contributed by atoms with van der Waals surface area (Å²) in [5, 5.41) is 9.48. The van der Waals surface area contributed by atoms with E-state index < -0.39 is 0 Å². The Balaban J connectivity index is 2.58. The Bertz CT molecular complexity index is 512. The van der Waals surface area contributed by atoms with Gasteiger partial charge in [0, 0.05) is 5.56 Å². The molecule has 2 aromatic carbocycles. The SMILES string of the molecule is Cc1cc(O)cc(-c2ccc(C)cc2F)c1. The summed E-state index contributed by atoms with van der Waals surface area (Å²) >= 11 is 0. The van der Waals surface area contributed by atoms with Gasteiger partial charge in [0.15, 0.2) is 0 Å². The van der Waals surface area contributed by atoms with Crippen molar-refractivity contribution in [1.29, 1.82) is 0 Å². The van der Waals surface area contributed by atoms with Crippen molar-refractivity contribution in [3.8, 4) is 16.9 Å². The molecule has 2 aromatic rings. The third kappa shape index (κ3) is 2.06. The Hall–Kier alpha value is -1.83. The van der Waals surface area contributed by atoms with E-state index in [9.17, 15) is 9.50 Å². The molecule has 1 nitrogen and oxygen atoms in total. The average molecular weight is 216 g/mol. The maximum absolute atomic E-state index is 13.7. The van der Waals surface area contributed by atoms with E-state index in [0.717, 1.165) is 11.1 Å². The van der Waals surface area contributed by atoms with E-state index in [1.807, 2.05) is 26.0 Å². The fourth-order valence-corrected chi connectivity index (χ4v) is 1.77. The largest absolute Gasteiger partial charge is 0.508 e. The predicted molar refractivity (Wildman–Crippen MR) is 63.0 cm³/mol. The maximum Gasteiger partial charge on any atom is 0.131 e. The second kappa shape index (κ2) is 3.97. The molecule has 0 spiro atoms. The van der Waals surface area contributed by atoms with Crippen LogP contribution in [0.1, 0.15) is 11.1 Å². The van der Waals surface area contributed by atoms with Gasteiger partial charge >= 0.3 is 0 Å². The predicted octanol–water partition coefficient (Wildman–Crippen LogP) is 3.82. The van der Waals surface area contributed by atoms with Crippen LogP contribution in [0.4, 0.5) is 4.39 Å². The first-order chi connectivity index (χ1) is 7.56. The molecule has 0 aromatic heterocycles. The van der Waals surface area contributed by atoms with Crippen LogP contribution in [0.15, 0.2) is 36.4 Å². The van der Waals surface area contributed by atoms with Gasteiger partial charge in [0.1, 0.15) is 11.6 Å². The number of aromatic hydroxyl groups is 1. The van der Waals surface area contributed by atoms with E-state index in [-0.39, 0.29) is 11.6 Å². The second-order valence-electron chi connectivity index (χ2n) is 4.04. The Kier molecular flexibility index (Phi) is 2.65. The Labute approximate surface area is 94.2 Å². The molecule has 0 aliphatic rings. The molecule has 0 radical (unpaired) electrons. The first kappa shape index (κ1) is 10.7. The van der Waals surface area contributed by atoms with Gasteiger partial charge < -0.3 is 5.11 Å². The third-order valence-corrected chi connectivity index (χ3v) is 2.50. The lowest BCUT2D eigenvalue weighted by Gasteiger charge is -2.06. The monoisotopic (exact) mass is 216 g/mol. The summed E-state index contributed by atoms with van der Waals surface area (Å²) < 4.78 is 13.7. The number of hydrogen-bond acceptors (Lipinski definition) is 1. The van der Waals surface area contributed by atoms with Crippen molar-refractivity contribution in [3.05, 3.63) is 53.3 Å². The average Bonchev–Trinajstić information content (AvgIpc) is 2.15. The van der Waals surface area contributed by atoms with Crippen molar-refractivity contribution < 1.29 is 9.50 Å². The van der Waals surface area contributed by atoms with Crippen molar-refractivity contribution in [1.82, 2.24) is 0 Å².